The molecular formula is C10H24N4. The molecule has 0 saturated carbocycles. The number of rotatable bonds is 3. The quantitative estimate of drug-likeness (QED) is 0.631. The second-order valence-corrected chi connectivity index (χ2v) is 4.62. The highest BCUT2D eigenvalue weighted by Gasteiger charge is 2.26. The number of hydrogen-bond donors (Lipinski definition) is 1. The highest BCUT2D eigenvalue weighted by Crippen LogP contribution is 2.09. The lowest BCUT2D eigenvalue weighted by molar-refractivity contribution is 0.0710. The molecule has 0 spiro atoms. The number of piperazine rings is 1. The van der Waals surface area contributed by atoms with E-state index in [2.05, 4.69) is 36.2 Å². The molecule has 1 aliphatic heterocycles. The van der Waals surface area contributed by atoms with Crippen LogP contribution in [-0.2, 0) is 0 Å². The van der Waals surface area contributed by atoms with Crippen LogP contribution in [0.15, 0.2) is 0 Å². The average Bonchev–Trinajstić information content (AvgIpc) is 2.08. The van der Waals surface area contributed by atoms with Crippen LogP contribution in [0.4, 0.5) is 0 Å². The van der Waals surface area contributed by atoms with Crippen LogP contribution >= 0.6 is 0 Å². The molecule has 1 N–H and O–H groups in total. The van der Waals surface area contributed by atoms with E-state index in [0.29, 0.717) is 12.1 Å². The summed E-state index contributed by atoms with van der Waals surface area (Å²) in [6.07, 6.45) is 0. The second kappa shape index (κ2) is 5.07. The lowest BCUT2D eigenvalue weighted by Crippen LogP contribution is -2.59. The molecule has 1 saturated heterocycles. The molecular weight excluding hydrogens is 176 g/mol. The maximum absolute atomic E-state index is 3.43. The standard InChI is InChI=1S/C10H24N4/c1-9(11-12(2)3)10-8-13(4)6-7-14(10)5/h9-11H,6-8H2,1-5H3. The fourth-order valence-corrected chi connectivity index (χ4v) is 2.08. The predicted molar refractivity (Wildman–Crippen MR) is 60.2 cm³/mol. The Balaban J connectivity index is 2.46. The number of hydrazine groups is 1. The molecule has 2 atom stereocenters. The Kier molecular flexibility index (Phi) is 4.31. The second-order valence-electron chi connectivity index (χ2n) is 4.62. The molecule has 0 aliphatic carbocycles. The Hall–Kier alpha value is -0.160. The van der Waals surface area contributed by atoms with E-state index in [0.717, 1.165) is 6.54 Å². The topological polar surface area (TPSA) is 21.8 Å². The van der Waals surface area contributed by atoms with Crippen LogP contribution in [0.3, 0.4) is 0 Å². The molecule has 0 bridgehead atoms. The zero-order chi connectivity index (χ0) is 10.7. The van der Waals surface area contributed by atoms with Crippen molar-refractivity contribution in [3.63, 3.8) is 0 Å². The molecule has 84 valence electrons. The fraction of sp³-hybridized carbons (Fsp3) is 1.00. The Morgan fingerprint density at radius 2 is 1.93 bits per heavy atom. The van der Waals surface area contributed by atoms with Crippen molar-refractivity contribution in [2.75, 3.05) is 47.8 Å². The van der Waals surface area contributed by atoms with Crippen LogP contribution in [-0.4, -0.2) is 74.7 Å². The third-order valence-electron chi connectivity index (χ3n) is 2.94. The van der Waals surface area contributed by atoms with Gasteiger partial charge in [0.1, 0.15) is 0 Å². The minimum Gasteiger partial charge on any atom is -0.303 e. The van der Waals surface area contributed by atoms with Gasteiger partial charge in [-0.15, -0.1) is 0 Å². The van der Waals surface area contributed by atoms with Gasteiger partial charge in [-0.3, -0.25) is 15.3 Å². The molecule has 1 heterocycles. The highest BCUT2D eigenvalue weighted by atomic mass is 15.5. The molecule has 4 heteroatoms. The zero-order valence-electron chi connectivity index (χ0n) is 10.1. The van der Waals surface area contributed by atoms with E-state index in [4.69, 9.17) is 0 Å². The van der Waals surface area contributed by atoms with Crippen molar-refractivity contribution in [3.05, 3.63) is 0 Å². The van der Waals surface area contributed by atoms with Gasteiger partial charge in [-0.1, -0.05) is 0 Å². The third kappa shape index (κ3) is 3.20. The Morgan fingerprint density at radius 1 is 1.29 bits per heavy atom. The predicted octanol–water partition coefficient (Wildman–Crippen LogP) is -0.313. The summed E-state index contributed by atoms with van der Waals surface area (Å²) in [5.41, 5.74) is 3.43. The smallest absolute Gasteiger partial charge is 0.0384 e. The first-order valence-corrected chi connectivity index (χ1v) is 5.33. The molecule has 2 unspecified atom stereocenters. The van der Waals surface area contributed by atoms with Gasteiger partial charge in [0.05, 0.1) is 0 Å². The van der Waals surface area contributed by atoms with Crippen LogP contribution in [0.2, 0.25) is 0 Å². The first-order chi connectivity index (χ1) is 6.50. The van der Waals surface area contributed by atoms with Gasteiger partial charge in [-0.05, 0) is 21.0 Å². The summed E-state index contributed by atoms with van der Waals surface area (Å²) >= 11 is 0. The van der Waals surface area contributed by atoms with Crippen molar-refractivity contribution < 1.29 is 0 Å². The Morgan fingerprint density at radius 3 is 2.50 bits per heavy atom. The summed E-state index contributed by atoms with van der Waals surface area (Å²) in [4.78, 5) is 4.85. The first kappa shape index (κ1) is 11.9. The van der Waals surface area contributed by atoms with Gasteiger partial charge >= 0.3 is 0 Å². The number of nitrogens with one attached hydrogen (secondary N) is 1. The van der Waals surface area contributed by atoms with Gasteiger partial charge in [0.15, 0.2) is 0 Å². The van der Waals surface area contributed by atoms with Gasteiger partial charge in [-0.25, -0.2) is 0 Å². The molecule has 1 aliphatic rings. The summed E-state index contributed by atoms with van der Waals surface area (Å²) in [5.74, 6) is 0. The van der Waals surface area contributed by atoms with Crippen LogP contribution in [0.1, 0.15) is 6.92 Å². The van der Waals surface area contributed by atoms with Crippen LogP contribution in [0, 0.1) is 0 Å². The van der Waals surface area contributed by atoms with E-state index in [1.807, 2.05) is 19.1 Å². The summed E-state index contributed by atoms with van der Waals surface area (Å²) in [5, 5.41) is 2.03. The minimum atomic E-state index is 0.498. The largest absolute Gasteiger partial charge is 0.303 e. The number of hydrogen-bond acceptors (Lipinski definition) is 4. The van der Waals surface area contributed by atoms with Gasteiger partial charge in [0, 0.05) is 45.8 Å². The molecule has 0 aromatic rings. The van der Waals surface area contributed by atoms with E-state index < -0.39 is 0 Å². The number of nitrogens with zero attached hydrogens (tertiary/aromatic N) is 3. The minimum absolute atomic E-state index is 0.498. The molecule has 0 radical (unpaired) electrons. The van der Waals surface area contributed by atoms with Crippen LogP contribution < -0.4 is 5.43 Å². The van der Waals surface area contributed by atoms with E-state index in [9.17, 15) is 0 Å². The molecule has 4 nitrogen and oxygen atoms in total. The lowest BCUT2D eigenvalue weighted by Gasteiger charge is -2.41. The summed E-state index contributed by atoms with van der Waals surface area (Å²) < 4.78 is 0. The van der Waals surface area contributed by atoms with Crippen molar-refractivity contribution in [2.24, 2.45) is 0 Å². The van der Waals surface area contributed by atoms with Crippen molar-refractivity contribution in [1.29, 1.82) is 0 Å². The Bertz CT molecular complexity index is 172. The van der Waals surface area contributed by atoms with Crippen molar-refractivity contribution in [2.45, 2.75) is 19.0 Å². The third-order valence-corrected chi connectivity index (χ3v) is 2.94. The molecule has 0 aromatic heterocycles. The fourth-order valence-electron chi connectivity index (χ4n) is 2.08. The lowest BCUT2D eigenvalue weighted by atomic mass is 10.1. The van der Waals surface area contributed by atoms with E-state index in [-0.39, 0.29) is 0 Å². The SMILES string of the molecule is CC(NN(C)C)C1CN(C)CCN1C. The van der Waals surface area contributed by atoms with Crippen molar-refractivity contribution >= 4 is 0 Å². The van der Waals surface area contributed by atoms with E-state index >= 15 is 0 Å². The van der Waals surface area contributed by atoms with E-state index in [1.165, 1.54) is 13.1 Å². The normalized spacial score (nSPS) is 28.3. The average molecular weight is 200 g/mol. The highest BCUT2D eigenvalue weighted by molar-refractivity contribution is 4.85. The first-order valence-electron chi connectivity index (χ1n) is 5.33. The van der Waals surface area contributed by atoms with E-state index in [1.54, 1.807) is 0 Å². The van der Waals surface area contributed by atoms with Crippen LogP contribution in [0.25, 0.3) is 0 Å². The maximum atomic E-state index is 3.43. The van der Waals surface area contributed by atoms with Gasteiger partial charge in [0.25, 0.3) is 0 Å². The van der Waals surface area contributed by atoms with Gasteiger partial charge < -0.3 is 4.90 Å². The molecule has 1 rings (SSSR count). The summed E-state index contributed by atoms with van der Waals surface area (Å²) in [6, 6.07) is 1.11. The number of likely N-dealkylation sites (N-methyl/N-ethyl adjacent to an activating group) is 2. The monoisotopic (exact) mass is 200 g/mol. The molecule has 0 amide bonds. The van der Waals surface area contributed by atoms with Crippen molar-refractivity contribution in [1.82, 2.24) is 20.2 Å². The van der Waals surface area contributed by atoms with Gasteiger partial charge in [0.2, 0.25) is 0 Å². The molecule has 1 fully saturated rings. The molecule has 0 aromatic carbocycles. The van der Waals surface area contributed by atoms with Crippen LogP contribution in [0.5, 0.6) is 0 Å². The summed E-state index contributed by atoms with van der Waals surface area (Å²) in [7, 11) is 8.50. The molecule has 14 heavy (non-hydrogen) atoms. The summed E-state index contributed by atoms with van der Waals surface area (Å²) in [6.45, 7) is 5.75. The zero-order valence-corrected chi connectivity index (χ0v) is 10.1. The maximum Gasteiger partial charge on any atom is 0.0384 e. The van der Waals surface area contributed by atoms with Crippen molar-refractivity contribution in [3.8, 4) is 0 Å². The Labute approximate surface area is 87.8 Å². The van der Waals surface area contributed by atoms with Gasteiger partial charge in [-0.2, -0.15) is 0 Å².